The van der Waals surface area contributed by atoms with E-state index in [0.717, 1.165) is 12.0 Å². The summed E-state index contributed by atoms with van der Waals surface area (Å²) >= 11 is 0. The van der Waals surface area contributed by atoms with Gasteiger partial charge in [-0.25, -0.2) is 0 Å². The lowest BCUT2D eigenvalue weighted by Gasteiger charge is -2.09. The molecule has 0 aliphatic carbocycles. The van der Waals surface area contributed by atoms with Crippen LogP contribution in [0.4, 0.5) is 0 Å². The molecule has 0 amide bonds. The van der Waals surface area contributed by atoms with Crippen molar-refractivity contribution < 1.29 is 18.6 Å². The molecule has 1 aromatic heterocycles. The van der Waals surface area contributed by atoms with E-state index in [4.69, 9.17) is 18.6 Å². The van der Waals surface area contributed by atoms with Gasteiger partial charge in [-0.1, -0.05) is 6.07 Å². The zero-order valence-corrected chi connectivity index (χ0v) is 13.2. The summed E-state index contributed by atoms with van der Waals surface area (Å²) in [6, 6.07) is 10.7. The van der Waals surface area contributed by atoms with E-state index >= 15 is 0 Å². The summed E-state index contributed by atoms with van der Waals surface area (Å²) in [6.07, 6.45) is 2.31. The monoisotopic (exact) mass is 324 g/mol. The molecule has 5 nitrogen and oxygen atoms in total. The Hall–Kier alpha value is -2.95. The first-order valence-corrected chi connectivity index (χ1v) is 7.76. The predicted molar refractivity (Wildman–Crippen MR) is 90.1 cm³/mol. The van der Waals surface area contributed by atoms with Crippen molar-refractivity contribution in [2.75, 3.05) is 20.3 Å². The number of methoxy groups -OCH3 is 1. The minimum Gasteiger partial charge on any atom is -0.497 e. The van der Waals surface area contributed by atoms with Crippen LogP contribution in [0.1, 0.15) is 6.42 Å². The van der Waals surface area contributed by atoms with Crippen molar-refractivity contribution >= 4 is 11.0 Å². The molecule has 0 radical (unpaired) electrons. The Morgan fingerprint density at radius 3 is 2.67 bits per heavy atom. The number of rotatable bonds is 2. The fourth-order valence-electron chi connectivity index (χ4n) is 2.77. The van der Waals surface area contributed by atoms with Gasteiger partial charge in [0, 0.05) is 12.5 Å². The summed E-state index contributed by atoms with van der Waals surface area (Å²) in [7, 11) is 1.57. The van der Waals surface area contributed by atoms with Crippen molar-refractivity contribution in [2.45, 2.75) is 6.42 Å². The van der Waals surface area contributed by atoms with Gasteiger partial charge in [0.05, 0.1) is 31.3 Å². The topological polar surface area (TPSA) is 57.9 Å². The summed E-state index contributed by atoms with van der Waals surface area (Å²) in [5.41, 5.74) is 1.64. The minimum absolute atomic E-state index is 0.0895. The van der Waals surface area contributed by atoms with Gasteiger partial charge in [-0.15, -0.1) is 0 Å². The molecule has 3 aromatic rings. The Labute approximate surface area is 138 Å². The molecule has 1 aliphatic rings. The number of fused-ring (bicyclic) bond motifs is 2. The summed E-state index contributed by atoms with van der Waals surface area (Å²) < 4.78 is 22.1. The van der Waals surface area contributed by atoms with Gasteiger partial charge < -0.3 is 18.6 Å². The van der Waals surface area contributed by atoms with Gasteiger partial charge in [-0.05, 0) is 29.8 Å². The first-order valence-electron chi connectivity index (χ1n) is 7.76. The number of benzene rings is 2. The second-order valence-corrected chi connectivity index (χ2v) is 5.55. The minimum atomic E-state index is -0.0895. The highest BCUT2D eigenvalue weighted by atomic mass is 16.5. The SMILES string of the molecule is COc1ccc2c(=O)c(-c3ccc4c(c3)OCCCO4)coc2c1. The van der Waals surface area contributed by atoms with Crippen LogP contribution < -0.4 is 19.6 Å². The molecular weight excluding hydrogens is 308 g/mol. The average molecular weight is 324 g/mol. The highest BCUT2D eigenvalue weighted by Crippen LogP contribution is 2.34. The van der Waals surface area contributed by atoms with E-state index in [1.54, 1.807) is 25.3 Å². The lowest BCUT2D eigenvalue weighted by molar-refractivity contribution is 0.297. The largest absolute Gasteiger partial charge is 0.497 e. The van der Waals surface area contributed by atoms with Crippen LogP contribution >= 0.6 is 0 Å². The van der Waals surface area contributed by atoms with Gasteiger partial charge in [0.2, 0.25) is 0 Å². The maximum Gasteiger partial charge on any atom is 0.200 e. The molecule has 2 aromatic carbocycles. The van der Waals surface area contributed by atoms with Crippen molar-refractivity contribution in [3.63, 3.8) is 0 Å². The maximum atomic E-state index is 12.8. The van der Waals surface area contributed by atoms with Crippen LogP contribution in [0.25, 0.3) is 22.1 Å². The average Bonchev–Trinajstić information content (AvgIpc) is 2.86. The predicted octanol–water partition coefficient (Wildman–Crippen LogP) is 3.63. The number of hydrogen-bond acceptors (Lipinski definition) is 5. The first-order chi connectivity index (χ1) is 11.8. The molecule has 0 unspecified atom stereocenters. The molecule has 24 heavy (non-hydrogen) atoms. The molecule has 0 saturated heterocycles. The summed E-state index contributed by atoms with van der Waals surface area (Å²) in [5.74, 6) is 2.00. The van der Waals surface area contributed by atoms with Crippen LogP contribution in [-0.2, 0) is 0 Å². The van der Waals surface area contributed by atoms with Crippen molar-refractivity contribution in [3.8, 4) is 28.4 Å². The molecule has 0 spiro atoms. The Morgan fingerprint density at radius 2 is 1.83 bits per heavy atom. The molecule has 2 heterocycles. The van der Waals surface area contributed by atoms with Gasteiger partial charge in [0.25, 0.3) is 0 Å². The molecule has 0 fully saturated rings. The highest BCUT2D eigenvalue weighted by molar-refractivity contribution is 5.83. The van der Waals surface area contributed by atoms with E-state index in [1.807, 2.05) is 18.2 Å². The molecule has 0 bridgehead atoms. The molecule has 0 saturated carbocycles. The lowest BCUT2D eigenvalue weighted by Crippen LogP contribution is -2.05. The summed E-state index contributed by atoms with van der Waals surface area (Å²) in [4.78, 5) is 12.8. The fourth-order valence-corrected chi connectivity index (χ4v) is 2.77. The Kier molecular flexibility index (Phi) is 3.61. The molecule has 0 N–H and O–H groups in total. The van der Waals surface area contributed by atoms with Gasteiger partial charge in [0.15, 0.2) is 16.9 Å². The van der Waals surface area contributed by atoms with Crippen LogP contribution in [0.15, 0.2) is 51.9 Å². The van der Waals surface area contributed by atoms with Crippen molar-refractivity contribution in [2.24, 2.45) is 0 Å². The van der Waals surface area contributed by atoms with E-state index < -0.39 is 0 Å². The van der Waals surface area contributed by atoms with Crippen LogP contribution in [0.5, 0.6) is 17.2 Å². The Bertz CT molecular complexity index is 958. The van der Waals surface area contributed by atoms with Crippen molar-refractivity contribution in [1.29, 1.82) is 0 Å². The molecule has 5 heteroatoms. The second-order valence-electron chi connectivity index (χ2n) is 5.55. The zero-order valence-electron chi connectivity index (χ0n) is 13.2. The Morgan fingerprint density at radius 1 is 1.00 bits per heavy atom. The van der Waals surface area contributed by atoms with Crippen LogP contribution in [-0.4, -0.2) is 20.3 Å². The van der Waals surface area contributed by atoms with Crippen LogP contribution in [0.3, 0.4) is 0 Å². The third kappa shape index (κ3) is 2.48. The lowest BCUT2D eigenvalue weighted by atomic mass is 10.0. The third-order valence-corrected chi connectivity index (χ3v) is 4.04. The van der Waals surface area contributed by atoms with Gasteiger partial charge in [-0.2, -0.15) is 0 Å². The van der Waals surface area contributed by atoms with E-state index in [0.29, 0.717) is 47.0 Å². The number of hydrogen-bond donors (Lipinski definition) is 0. The summed E-state index contributed by atoms with van der Waals surface area (Å²) in [6.45, 7) is 1.23. The summed E-state index contributed by atoms with van der Waals surface area (Å²) in [5, 5.41) is 0.514. The van der Waals surface area contributed by atoms with Gasteiger partial charge in [0.1, 0.15) is 17.6 Å². The molecular formula is C19H16O5. The first kappa shape index (κ1) is 14.6. The van der Waals surface area contributed by atoms with Crippen LogP contribution in [0, 0.1) is 0 Å². The van der Waals surface area contributed by atoms with E-state index in [1.165, 1.54) is 6.26 Å². The smallest absolute Gasteiger partial charge is 0.200 e. The van der Waals surface area contributed by atoms with Gasteiger partial charge >= 0.3 is 0 Å². The van der Waals surface area contributed by atoms with Gasteiger partial charge in [-0.3, -0.25) is 4.79 Å². The third-order valence-electron chi connectivity index (χ3n) is 4.04. The normalized spacial score (nSPS) is 13.5. The second kappa shape index (κ2) is 5.92. The molecule has 0 atom stereocenters. The highest BCUT2D eigenvalue weighted by Gasteiger charge is 2.15. The van der Waals surface area contributed by atoms with E-state index in [9.17, 15) is 4.79 Å². The van der Waals surface area contributed by atoms with Crippen molar-refractivity contribution in [3.05, 3.63) is 52.9 Å². The Balaban J connectivity index is 1.83. The van der Waals surface area contributed by atoms with E-state index in [-0.39, 0.29) is 5.43 Å². The quantitative estimate of drug-likeness (QED) is 0.720. The number of ether oxygens (including phenoxy) is 3. The van der Waals surface area contributed by atoms with Crippen molar-refractivity contribution in [1.82, 2.24) is 0 Å². The maximum absolute atomic E-state index is 12.8. The molecule has 1 aliphatic heterocycles. The fraction of sp³-hybridized carbons (Fsp3) is 0.211. The molecule has 122 valence electrons. The zero-order chi connectivity index (χ0) is 16.5. The standard InChI is InChI=1S/C19H16O5/c1-21-13-4-5-14-17(10-13)24-11-15(19(14)20)12-3-6-16-18(9-12)23-8-2-7-22-16/h3-6,9-11H,2,7-8H2,1H3. The van der Waals surface area contributed by atoms with E-state index in [2.05, 4.69) is 0 Å². The molecule has 4 rings (SSSR count). The van der Waals surface area contributed by atoms with Crippen LogP contribution in [0.2, 0.25) is 0 Å².